The van der Waals surface area contributed by atoms with Crippen LogP contribution in [0.5, 0.6) is 0 Å². The van der Waals surface area contributed by atoms with Gasteiger partial charge < -0.3 is 16.4 Å². The van der Waals surface area contributed by atoms with Crippen LogP contribution in [-0.2, 0) is 4.79 Å². The van der Waals surface area contributed by atoms with E-state index in [-0.39, 0.29) is 42.3 Å². The third-order valence-electron chi connectivity index (χ3n) is 5.92. The van der Waals surface area contributed by atoms with Crippen LogP contribution in [0.3, 0.4) is 0 Å². The van der Waals surface area contributed by atoms with Crippen molar-refractivity contribution < 1.29 is 4.79 Å². The van der Waals surface area contributed by atoms with Gasteiger partial charge in [-0.1, -0.05) is 56.0 Å². The van der Waals surface area contributed by atoms with Crippen molar-refractivity contribution in [1.29, 1.82) is 0 Å². The van der Waals surface area contributed by atoms with Crippen molar-refractivity contribution in [2.24, 2.45) is 5.73 Å². The van der Waals surface area contributed by atoms with Gasteiger partial charge in [-0.2, -0.15) is 0 Å². The van der Waals surface area contributed by atoms with E-state index in [0.29, 0.717) is 6.54 Å². The summed E-state index contributed by atoms with van der Waals surface area (Å²) in [5.41, 5.74) is 6.95. The molecule has 4 N–H and O–H groups in total. The Labute approximate surface area is 169 Å². The molecule has 2 saturated carbocycles. The van der Waals surface area contributed by atoms with Crippen molar-refractivity contribution in [2.75, 3.05) is 6.54 Å². The third kappa shape index (κ3) is 5.35. The Morgan fingerprint density at radius 1 is 1.04 bits per heavy atom. The molecule has 1 atom stereocenters. The summed E-state index contributed by atoms with van der Waals surface area (Å²) < 4.78 is 0. The average Bonchev–Trinajstić information content (AvgIpc) is 3.24. The van der Waals surface area contributed by atoms with Crippen molar-refractivity contribution in [2.45, 2.75) is 75.4 Å². The van der Waals surface area contributed by atoms with Gasteiger partial charge in [-0.25, -0.2) is 0 Å². The standard InChI is InChI=1S/C20H31N3O.2ClH/c1-16(17-9-3-2-4-10-17)23-19(11-5-6-12-19)15-22-18(24)20(21)13-7-8-14-20;;/h2-4,9-10,16,23H,5-8,11-15,21H2,1H3,(H,22,24);2*1H. The van der Waals surface area contributed by atoms with Gasteiger partial charge in [0, 0.05) is 18.1 Å². The van der Waals surface area contributed by atoms with Crippen LogP contribution >= 0.6 is 24.8 Å². The summed E-state index contributed by atoms with van der Waals surface area (Å²) >= 11 is 0. The Morgan fingerprint density at radius 3 is 2.15 bits per heavy atom. The molecule has 6 heteroatoms. The molecule has 0 bridgehead atoms. The second-order valence-electron chi connectivity index (χ2n) is 7.81. The fourth-order valence-corrected chi connectivity index (χ4v) is 4.37. The first-order valence-corrected chi connectivity index (χ1v) is 9.43. The summed E-state index contributed by atoms with van der Waals surface area (Å²) in [6.07, 6.45) is 8.44. The number of carbonyl (C=O) groups is 1. The van der Waals surface area contributed by atoms with Gasteiger partial charge in [-0.05, 0) is 38.2 Å². The van der Waals surface area contributed by atoms with Crippen LogP contribution < -0.4 is 16.4 Å². The average molecular weight is 402 g/mol. The van der Waals surface area contributed by atoms with Crippen molar-refractivity contribution in [3.8, 4) is 0 Å². The highest BCUT2D eigenvalue weighted by atomic mass is 35.5. The first-order valence-electron chi connectivity index (χ1n) is 9.43. The molecular weight excluding hydrogens is 369 g/mol. The summed E-state index contributed by atoms with van der Waals surface area (Å²) in [5, 5.41) is 6.99. The Hall–Kier alpha value is -0.810. The Balaban J connectivity index is 0.00000169. The van der Waals surface area contributed by atoms with Gasteiger partial charge in [0.2, 0.25) is 5.91 Å². The number of amides is 1. The molecule has 2 aliphatic rings. The molecule has 148 valence electrons. The summed E-state index contributed by atoms with van der Waals surface area (Å²) in [6, 6.07) is 10.8. The van der Waals surface area contributed by atoms with Gasteiger partial charge in [0.25, 0.3) is 0 Å². The van der Waals surface area contributed by atoms with E-state index in [2.05, 4.69) is 41.8 Å². The highest BCUT2D eigenvalue weighted by Crippen LogP contribution is 2.32. The van der Waals surface area contributed by atoms with E-state index in [4.69, 9.17) is 5.73 Å². The maximum atomic E-state index is 12.6. The topological polar surface area (TPSA) is 67.1 Å². The maximum Gasteiger partial charge on any atom is 0.240 e. The number of rotatable bonds is 6. The van der Waals surface area contributed by atoms with Crippen molar-refractivity contribution in [3.63, 3.8) is 0 Å². The molecule has 1 aromatic rings. The highest BCUT2D eigenvalue weighted by molar-refractivity contribution is 5.86. The summed E-state index contributed by atoms with van der Waals surface area (Å²) in [4.78, 5) is 12.6. The molecule has 1 aromatic carbocycles. The number of benzene rings is 1. The molecular formula is C20H33Cl2N3O. The normalized spacial score (nSPS) is 21.3. The molecule has 0 spiro atoms. The lowest BCUT2D eigenvalue weighted by molar-refractivity contribution is -0.126. The highest BCUT2D eigenvalue weighted by Gasteiger charge is 2.40. The zero-order valence-electron chi connectivity index (χ0n) is 15.6. The number of nitrogens with two attached hydrogens (primary N) is 1. The van der Waals surface area contributed by atoms with Crippen LogP contribution in [0.25, 0.3) is 0 Å². The summed E-state index contributed by atoms with van der Waals surface area (Å²) in [7, 11) is 0. The van der Waals surface area contributed by atoms with E-state index in [1.807, 2.05) is 6.07 Å². The van der Waals surface area contributed by atoms with Crippen LogP contribution in [-0.4, -0.2) is 23.5 Å². The van der Waals surface area contributed by atoms with Crippen LogP contribution in [0.4, 0.5) is 0 Å². The number of halogens is 2. The predicted octanol–water partition coefficient (Wildman–Crippen LogP) is 3.88. The first-order chi connectivity index (χ1) is 11.5. The van der Waals surface area contributed by atoms with Crippen molar-refractivity contribution >= 4 is 30.7 Å². The Bertz CT molecular complexity index is 555. The minimum absolute atomic E-state index is 0. The lowest BCUT2D eigenvalue weighted by atomic mass is 9.93. The zero-order valence-corrected chi connectivity index (χ0v) is 17.3. The van der Waals surface area contributed by atoms with Gasteiger partial charge in [-0.15, -0.1) is 24.8 Å². The van der Waals surface area contributed by atoms with Gasteiger partial charge in [-0.3, -0.25) is 4.79 Å². The number of hydrogen-bond acceptors (Lipinski definition) is 3. The van der Waals surface area contributed by atoms with Crippen LogP contribution in [0.2, 0.25) is 0 Å². The second-order valence-corrected chi connectivity index (χ2v) is 7.81. The maximum absolute atomic E-state index is 12.6. The minimum Gasteiger partial charge on any atom is -0.353 e. The van der Waals surface area contributed by atoms with Crippen LogP contribution in [0, 0.1) is 0 Å². The predicted molar refractivity (Wildman–Crippen MR) is 112 cm³/mol. The fraction of sp³-hybridized carbons (Fsp3) is 0.650. The van der Waals surface area contributed by atoms with E-state index < -0.39 is 5.54 Å². The van der Waals surface area contributed by atoms with Gasteiger partial charge in [0.1, 0.15) is 0 Å². The van der Waals surface area contributed by atoms with E-state index in [0.717, 1.165) is 38.5 Å². The monoisotopic (exact) mass is 401 g/mol. The van der Waals surface area contributed by atoms with Gasteiger partial charge in [0.05, 0.1) is 5.54 Å². The molecule has 2 aliphatic carbocycles. The molecule has 26 heavy (non-hydrogen) atoms. The Morgan fingerprint density at radius 2 is 1.58 bits per heavy atom. The SMILES string of the molecule is CC(NC1(CNC(=O)C2(N)CCCC2)CCCC1)c1ccccc1.Cl.Cl. The summed E-state index contributed by atoms with van der Waals surface area (Å²) in [5.74, 6) is 0.0421. The van der Waals surface area contributed by atoms with E-state index >= 15 is 0 Å². The number of hydrogen-bond donors (Lipinski definition) is 3. The third-order valence-corrected chi connectivity index (χ3v) is 5.92. The van der Waals surface area contributed by atoms with Gasteiger partial charge >= 0.3 is 0 Å². The summed E-state index contributed by atoms with van der Waals surface area (Å²) in [6.45, 7) is 2.89. The molecule has 3 rings (SSSR count). The molecule has 0 saturated heterocycles. The molecule has 2 fully saturated rings. The van der Waals surface area contributed by atoms with Crippen LogP contribution in [0.1, 0.15) is 69.9 Å². The molecule has 4 nitrogen and oxygen atoms in total. The van der Waals surface area contributed by atoms with E-state index in [9.17, 15) is 4.79 Å². The molecule has 1 unspecified atom stereocenters. The molecule has 1 amide bonds. The number of carbonyl (C=O) groups excluding carboxylic acids is 1. The van der Waals surface area contributed by atoms with E-state index in [1.165, 1.54) is 18.4 Å². The molecule has 0 aromatic heterocycles. The smallest absolute Gasteiger partial charge is 0.240 e. The first kappa shape index (κ1) is 23.2. The van der Waals surface area contributed by atoms with E-state index in [1.54, 1.807) is 0 Å². The second kappa shape index (κ2) is 9.93. The lowest BCUT2D eigenvalue weighted by Gasteiger charge is -2.35. The molecule has 0 heterocycles. The minimum atomic E-state index is -0.634. The quantitative estimate of drug-likeness (QED) is 0.677. The van der Waals surface area contributed by atoms with Crippen molar-refractivity contribution in [1.82, 2.24) is 10.6 Å². The number of nitrogens with one attached hydrogen (secondary N) is 2. The van der Waals surface area contributed by atoms with Crippen LogP contribution in [0.15, 0.2) is 30.3 Å². The molecule has 0 aliphatic heterocycles. The van der Waals surface area contributed by atoms with Gasteiger partial charge in [0.15, 0.2) is 0 Å². The largest absolute Gasteiger partial charge is 0.353 e. The zero-order chi connectivity index (χ0) is 17.0. The van der Waals surface area contributed by atoms with Crippen molar-refractivity contribution in [3.05, 3.63) is 35.9 Å². The Kier molecular flexibility index (Phi) is 8.87. The lowest BCUT2D eigenvalue weighted by Crippen LogP contribution is -2.58. The fourth-order valence-electron chi connectivity index (χ4n) is 4.37. The molecule has 0 radical (unpaired) electrons.